The van der Waals surface area contributed by atoms with E-state index >= 15 is 0 Å². The van der Waals surface area contributed by atoms with Crippen molar-refractivity contribution >= 4 is 62.7 Å². The van der Waals surface area contributed by atoms with Gasteiger partial charge in [-0.3, -0.25) is 19.8 Å². The molecule has 0 unspecified atom stereocenters. The van der Waals surface area contributed by atoms with Crippen molar-refractivity contribution in [3.63, 3.8) is 0 Å². The van der Waals surface area contributed by atoms with E-state index in [2.05, 4.69) is 55.4 Å². The van der Waals surface area contributed by atoms with Gasteiger partial charge in [0.05, 0.1) is 28.7 Å². The molecule has 1 aliphatic carbocycles. The second-order valence-electron chi connectivity index (χ2n) is 18.9. The largest absolute Gasteiger partial charge is 0.455 e. The van der Waals surface area contributed by atoms with Crippen molar-refractivity contribution in [3.8, 4) is 11.5 Å². The maximum Gasteiger partial charge on any atom is 0.273 e. The zero-order chi connectivity index (χ0) is 46.1. The summed E-state index contributed by atoms with van der Waals surface area (Å²) in [4.78, 5) is 39.7. The average Bonchev–Trinajstić information content (AvgIpc) is 3.73. The molecule has 2 fully saturated rings. The monoisotopic (exact) mass is 941 g/mol. The Bertz CT molecular complexity index is 2780. The third-order valence-corrected chi connectivity index (χ3v) is 16.9. The van der Waals surface area contributed by atoms with Crippen LogP contribution < -0.4 is 14.4 Å². The van der Waals surface area contributed by atoms with E-state index in [9.17, 15) is 27.9 Å². The third-order valence-electron chi connectivity index (χ3n) is 13.1. The van der Waals surface area contributed by atoms with Crippen molar-refractivity contribution in [1.29, 1.82) is 0 Å². The summed E-state index contributed by atoms with van der Waals surface area (Å²) in [5, 5.41) is 13.8. The number of hydrogen-bond donors (Lipinski definition) is 2. The standard InChI is InChI=1S/C48H57ClN7O7PS/c1-33(31-54-21-23-64(4,60)24-22-54)25-35-7-11-41(28-44(35)56(58)59)65(61,62)52-47(57)42-12-10-39(27-45(42)63-40-26-36-14-16-50-46(36)51-30-40)55-19-17-53(18-20-55)32-37-13-15-48(2,3)29-43(37)34-5-8-38(49)9-6-34/h5-12,14,16,26-28,30,33H,13,15,17-25,29,31-32H2,1-4H3,(H,50,51)(H,52,57)/t33-/m0/s1. The van der Waals surface area contributed by atoms with Crippen molar-refractivity contribution in [3.05, 3.63) is 123 Å². The van der Waals surface area contributed by atoms with E-state index in [1.165, 1.54) is 35.0 Å². The molecular formula is C48H57ClN7O7PS. The number of hydrogen-bond acceptors (Lipinski definition) is 11. The zero-order valence-electron chi connectivity index (χ0n) is 37.4. The number of rotatable bonds is 14. The van der Waals surface area contributed by atoms with Gasteiger partial charge in [-0.05, 0) is 97.3 Å². The lowest BCUT2D eigenvalue weighted by Gasteiger charge is -2.39. The van der Waals surface area contributed by atoms with E-state index in [1.54, 1.807) is 30.5 Å². The van der Waals surface area contributed by atoms with Gasteiger partial charge in [-0.25, -0.2) is 18.1 Å². The van der Waals surface area contributed by atoms with E-state index < -0.39 is 32.9 Å². The fourth-order valence-corrected chi connectivity index (χ4v) is 12.0. The Morgan fingerprint density at radius 3 is 2.46 bits per heavy atom. The topological polar surface area (TPSA) is 171 Å². The van der Waals surface area contributed by atoms with Crippen molar-refractivity contribution in [2.75, 3.05) is 76.2 Å². The first-order chi connectivity index (χ1) is 30.9. The molecule has 3 aliphatic rings. The highest BCUT2D eigenvalue weighted by atomic mass is 35.5. The first-order valence-corrected chi connectivity index (χ1v) is 26.6. The molecule has 0 bridgehead atoms. The van der Waals surface area contributed by atoms with Crippen LogP contribution in [-0.2, 0) is 21.0 Å². The molecule has 0 spiro atoms. The minimum Gasteiger partial charge on any atom is -0.455 e. The second-order valence-corrected chi connectivity index (χ2v) is 24.5. The molecule has 2 aliphatic heterocycles. The van der Waals surface area contributed by atoms with Crippen LogP contribution in [0.5, 0.6) is 11.5 Å². The number of nitrogens with one attached hydrogen (secondary N) is 2. The van der Waals surface area contributed by atoms with Gasteiger partial charge in [-0.15, -0.1) is 0 Å². The molecule has 1 amide bonds. The summed E-state index contributed by atoms with van der Waals surface area (Å²) >= 11 is 6.25. The maximum absolute atomic E-state index is 14.0. The molecule has 2 aromatic heterocycles. The number of benzene rings is 3. The minimum atomic E-state index is -4.57. The molecule has 14 nitrogen and oxygen atoms in total. The van der Waals surface area contributed by atoms with E-state index in [0.29, 0.717) is 55.3 Å². The summed E-state index contributed by atoms with van der Waals surface area (Å²) < 4.78 is 48.5. The number of carbonyl (C=O) groups is 1. The van der Waals surface area contributed by atoms with Gasteiger partial charge >= 0.3 is 0 Å². The highest BCUT2D eigenvalue weighted by Gasteiger charge is 2.31. The van der Waals surface area contributed by atoms with Crippen molar-refractivity contribution in [2.45, 2.75) is 51.3 Å². The molecule has 0 saturated carbocycles. The number of pyridine rings is 1. The molecule has 0 radical (unpaired) electrons. The number of allylic oxidation sites excluding steroid dienone is 1. The van der Waals surface area contributed by atoms with Gasteiger partial charge in [-0.2, -0.15) is 0 Å². The molecule has 344 valence electrons. The van der Waals surface area contributed by atoms with Crippen LogP contribution in [0.3, 0.4) is 0 Å². The summed E-state index contributed by atoms with van der Waals surface area (Å²) in [5.41, 5.74) is 5.80. The summed E-state index contributed by atoms with van der Waals surface area (Å²) in [7, 11) is -6.66. The molecule has 4 heterocycles. The third kappa shape index (κ3) is 11.3. The highest BCUT2D eigenvalue weighted by Crippen LogP contribution is 2.44. The van der Waals surface area contributed by atoms with Crippen LogP contribution in [0, 0.1) is 21.4 Å². The van der Waals surface area contributed by atoms with E-state index in [0.717, 1.165) is 74.1 Å². The first kappa shape index (κ1) is 46.5. The van der Waals surface area contributed by atoms with Gasteiger partial charge in [0.15, 0.2) is 0 Å². The first-order valence-electron chi connectivity index (χ1n) is 22.2. The van der Waals surface area contributed by atoms with E-state index in [4.69, 9.17) is 16.3 Å². The number of H-pyrrole nitrogens is 1. The van der Waals surface area contributed by atoms with Crippen LogP contribution in [0.4, 0.5) is 11.4 Å². The summed E-state index contributed by atoms with van der Waals surface area (Å²) in [6.45, 7) is 14.5. The number of nitro benzene ring substituents is 1. The Morgan fingerprint density at radius 2 is 1.74 bits per heavy atom. The van der Waals surface area contributed by atoms with Gasteiger partial charge in [-0.1, -0.05) is 56.1 Å². The van der Waals surface area contributed by atoms with Crippen molar-refractivity contribution in [1.82, 2.24) is 24.5 Å². The molecule has 2 N–H and O–H groups in total. The van der Waals surface area contributed by atoms with Crippen LogP contribution in [0.25, 0.3) is 16.6 Å². The zero-order valence-corrected chi connectivity index (χ0v) is 39.9. The average molecular weight is 943 g/mol. The lowest BCUT2D eigenvalue weighted by Crippen LogP contribution is -2.47. The van der Waals surface area contributed by atoms with Crippen LogP contribution in [0.2, 0.25) is 5.02 Å². The van der Waals surface area contributed by atoms with Gasteiger partial charge < -0.3 is 24.1 Å². The molecule has 17 heteroatoms. The Balaban J connectivity index is 0.988. The van der Waals surface area contributed by atoms with Crippen LogP contribution in [0.1, 0.15) is 61.5 Å². The van der Waals surface area contributed by atoms with Gasteiger partial charge in [0, 0.05) is 105 Å². The Hall–Kier alpha value is -5.05. The molecule has 1 atom stereocenters. The second kappa shape index (κ2) is 19.0. The lowest BCUT2D eigenvalue weighted by atomic mass is 9.72. The predicted molar refractivity (Wildman–Crippen MR) is 258 cm³/mol. The normalized spacial score (nSPS) is 18.7. The number of anilines is 1. The number of halogens is 1. The molecule has 8 rings (SSSR count). The summed E-state index contributed by atoms with van der Waals surface area (Å²) in [6, 6.07) is 20.6. The molecular weight excluding hydrogens is 885 g/mol. The number of piperazine rings is 1. The maximum atomic E-state index is 14.0. The summed E-state index contributed by atoms with van der Waals surface area (Å²) in [6.07, 6.45) is 8.12. The number of sulfonamides is 1. The number of nitrogens with zero attached hydrogens (tertiary/aromatic N) is 5. The van der Waals surface area contributed by atoms with E-state index in [-0.39, 0.29) is 28.3 Å². The molecule has 3 aromatic carbocycles. The van der Waals surface area contributed by atoms with Crippen LogP contribution >= 0.6 is 18.7 Å². The fraction of sp³-hybridized carbons (Fsp3) is 0.417. The SMILES string of the molecule is C[C@@H](Cc1ccc(S(=O)(=O)NC(=O)c2ccc(N3CCN(CC4=C(c5ccc(Cl)cc5)CC(C)(C)CC4)CC3)cc2Oc2cnc3[nH]ccc3c2)cc1[N+](=O)[O-])CN1CCP(C)(=O)CC1. The fourth-order valence-electron chi connectivity index (χ4n) is 9.26. The van der Waals surface area contributed by atoms with Gasteiger partial charge in [0.1, 0.15) is 17.1 Å². The smallest absolute Gasteiger partial charge is 0.273 e. The summed E-state index contributed by atoms with van der Waals surface area (Å²) in [5.74, 6) is -0.458. The number of fused-ring (bicyclic) bond motifs is 1. The minimum absolute atomic E-state index is 0.0182. The number of aromatic amines is 1. The number of amides is 1. The van der Waals surface area contributed by atoms with Gasteiger partial charge in [0.2, 0.25) is 0 Å². The van der Waals surface area contributed by atoms with Crippen LogP contribution in [0.15, 0.2) is 95.7 Å². The van der Waals surface area contributed by atoms with Crippen molar-refractivity contribution in [2.24, 2.45) is 11.3 Å². The molecule has 5 aromatic rings. The number of nitro groups is 1. The number of ether oxygens (including phenoxy) is 1. The molecule has 65 heavy (non-hydrogen) atoms. The number of carbonyl (C=O) groups excluding carboxylic acids is 1. The number of aromatic nitrogens is 2. The predicted octanol–water partition coefficient (Wildman–Crippen LogP) is 9.31. The Labute approximate surface area is 386 Å². The van der Waals surface area contributed by atoms with Crippen molar-refractivity contribution < 1.29 is 27.4 Å². The van der Waals surface area contributed by atoms with E-state index in [1.807, 2.05) is 31.8 Å². The Morgan fingerprint density at radius 1 is 1.00 bits per heavy atom. The lowest BCUT2D eigenvalue weighted by molar-refractivity contribution is -0.385. The van der Waals surface area contributed by atoms with Crippen LogP contribution in [-0.4, -0.2) is 110 Å². The molecule has 2 saturated heterocycles. The van der Waals surface area contributed by atoms with Gasteiger partial charge in [0.25, 0.3) is 21.6 Å². The Kier molecular flexibility index (Phi) is 13.6. The quantitative estimate of drug-likeness (QED) is 0.0618. The highest BCUT2D eigenvalue weighted by molar-refractivity contribution is 7.90.